The van der Waals surface area contributed by atoms with Crippen molar-refractivity contribution in [1.82, 2.24) is 4.90 Å². The van der Waals surface area contributed by atoms with Crippen molar-refractivity contribution in [2.45, 2.75) is 31.3 Å². The fourth-order valence-corrected chi connectivity index (χ4v) is 5.54. The van der Waals surface area contributed by atoms with Crippen LogP contribution in [0.5, 0.6) is 0 Å². The van der Waals surface area contributed by atoms with Crippen LogP contribution >= 0.6 is 0 Å². The van der Waals surface area contributed by atoms with Gasteiger partial charge in [0.25, 0.3) is 5.91 Å². The van der Waals surface area contributed by atoms with Crippen LogP contribution < -0.4 is 4.90 Å². The standard InChI is InChI=1S/C27H22F2N2O2/c1-30-9-8-27(30)22-4-2-3-5-25(22)31(26(27)33)15-21-23(28)13-19(14-24(21)29)16-6-7-17-11-20(32)12-18(17)10-16/h2-7,10,13-14H,8-9,11-12,15H2,1H3. The van der Waals surface area contributed by atoms with Crippen molar-refractivity contribution in [3.63, 3.8) is 0 Å². The lowest BCUT2D eigenvalue weighted by Crippen LogP contribution is -2.60. The number of fused-ring (bicyclic) bond motifs is 3. The lowest BCUT2D eigenvalue weighted by molar-refractivity contribution is -0.137. The van der Waals surface area contributed by atoms with Gasteiger partial charge >= 0.3 is 0 Å². The predicted molar refractivity (Wildman–Crippen MR) is 121 cm³/mol. The number of amides is 1. The van der Waals surface area contributed by atoms with Gasteiger partial charge in [-0.2, -0.15) is 0 Å². The molecule has 0 N–H and O–H groups in total. The number of anilines is 1. The molecular weight excluding hydrogens is 422 g/mol. The zero-order valence-electron chi connectivity index (χ0n) is 18.2. The number of carbonyl (C=O) groups excluding carboxylic acids is 2. The van der Waals surface area contributed by atoms with Crippen molar-refractivity contribution in [2.75, 3.05) is 18.5 Å². The van der Waals surface area contributed by atoms with Gasteiger partial charge in [0.1, 0.15) is 23.0 Å². The average Bonchev–Trinajstić information content (AvgIpc) is 3.29. The minimum atomic E-state index is -0.731. The molecule has 6 rings (SSSR count). The first-order valence-corrected chi connectivity index (χ1v) is 11.1. The Morgan fingerprint density at radius 1 is 0.909 bits per heavy atom. The molecule has 1 unspecified atom stereocenters. The van der Waals surface area contributed by atoms with Gasteiger partial charge in [-0.25, -0.2) is 8.78 Å². The maximum absolute atomic E-state index is 15.2. The highest BCUT2D eigenvalue weighted by atomic mass is 19.1. The van der Waals surface area contributed by atoms with E-state index in [0.717, 1.165) is 23.2 Å². The zero-order valence-corrected chi connectivity index (χ0v) is 18.2. The number of para-hydroxylation sites is 1. The van der Waals surface area contributed by atoms with Gasteiger partial charge in [0.2, 0.25) is 0 Å². The van der Waals surface area contributed by atoms with E-state index in [-0.39, 0.29) is 23.8 Å². The first-order valence-electron chi connectivity index (χ1n) is 11.1. The second-order valence-corrected chi connectivity index (χ2v) is 9.23. The summed E-state index contributed by atoms with van der Waals surface area (Å²) >= 11 is 0. The maximum atomic E-state index is 15.2. The van der Waals surface area contributed by atoms with Crippen LogP contribution in [0.3, 0.4) is 0 Å². The molecule has 6 heteroatoms. The topological polar surface area (TPSA) is 40.6 Å². The molecule has 166 valence electrons. The van der Waals surface area contributed by atoms with E-state index in [9.17, 15) is 9.59 Å². The number of carbonyl (C=O) groups is 2. The lowest BCUT2D eigenvalue weighted by atomic mass is 9.80. The normalized spacial score (nSPS) is 21.5. The second kappa shape index (κ2) is 7.06. The third-order valence-electron chi connectivity index (χ3n) is 7.47. The summed E-state index contributed by atoms with van der Waals surface area (Å²) in [5, 5.41) is 0. The summed E-state index contributed by atoms with van der Waals surface area (Å²) in [5.74, 6) is -1.35. The van der Waals surface area contributed by atoms with Gasteiger partial charge in [0, 0.05) is 36.2 Å². The van der Waals surface area contributed by atoms with Crippen LogP contribution in [0.2, 0.25) is 0 Å². The van der Waals surface area contributed by atoms with Crippen LogP contribution in [0, 0.1) is 11.6 Å². The molecule has 4 nitrogen and oxygen atoms in total. The number of halogens is 2. The monoisotopic (exact) mass is 444 g/mol. The van der Waals surface area contributed by atoms with Gasteiger partial charge in [-0.1, -0.05) is 36.4 Å². The van der Waals surface area contributed by atoms with Crippen LogP contribution in [-0.2, 0) is 34.5 Å². The molecule has 1 atom stereocenters. The van der Waals surface area contributed by atoms with Crippen molar-refractivity contribution in [1.29, 1.82) is 0 Å². The number of hydrogen-bond acceptors (Lipinski definition) is 3. The molecule has 3 aromatic carbocycles. The van der Waals surface area contributed by atoms with E-state index >= 15 is 8.78 Å². The molecule has 0 bridgehead atoms. The first-order chi connectivity index (χ1) is 15.9. The number of likely N-dealkylation sites (N-methyl/N-ethyl adjacent to an activating group) is 1. The quantitative estimate of drug-likeness (QED) is 0.602. The predicted octanol–water partition coefficient (Wildman–Crippen LogP) is 4.38. The number of hydrogen-bond donors (Lipinski definition) is 0. The van der Waals surface area contributed by atoms with Gasteiger partial charge in [-0.3, -0.25) is 14.5 Å². The second-order valence-electron chi connectivity index (χ2n) is 9.23. The molecule has 2 aliphatic heterocycles. The highest BCUT2D eigenvalue weighted by molar-refractivity contribution is 6.08. The summed E-state index contributed by atoms with van der Waals surface area (Å²) in [6.07, 6.45) is 1.47. The SMILES string of the molecule is CN1CCC12C(=O)N(Cc1c(F)cc(-c3ccc4c(c3)CC(=O)C4)cc1F)c1ccccc12. The third-order valence-corrected chi connectivity index (χ3v) is 7.47. The Balaban J connectivity index is 1.35. The largest absolute Gasteiger partial charge is 0.305 e. The number of nitrogens with zero attached hydrogens (tertiary/aromatic N) is 2. The van der Waals surface area contributed by atoms with Crippen LogP contribution in [0.15, 0.2) is 54.6 Å². The van der Waals surface area contributed by atoms with E-state index in [1.807, 2.05) is 48.3 Å². The fraction of sp³-hybridized carbons (Fsp3) is 0.259. The zero-order chi connectivity index (χ0) is 22.9. The minimum Gasteiger partial charge on any atom is -0.305 e. The number of rotatable bonds is 3. The van der Waals surface area contributed by atoms with Gasteiger partial charge in [0.05, 0.1) is 6.54 Å². The fourth-order valence-electron chi connectivity index (χ4n) is 5.54. The van der Waals surface area contributed by atoms with Crippen molar-refractivity contribution in [3.8, 4) is 11.1 Å². The van der Waals surface area contributed by atoms with E-state index in [0.29, 0.717) is 36.1 Å². The summed E-state index contributed by atoms with van der Waals surface area (Å²) < 4.78 is 30.4. The van der Waals surface area contributed by atoms with E-state index < -0.39 is 17.2 Å². The Bertz CT molecular complexity index is 1330. The van der Waals surface area contributed by atoms with Crippen LogP contribution in [0.1, 0.15) is 28.7 Å². The number of benzene rings is 3. The van der Waals surface area contributed by atoms with Gasteiger partial charge in [0.15, 0.2) is 0 Å². The van der Waals surface area contributed by atoms with Crippen molar-refractivity contribution in [2.24, 2.45) is 0 Å². The highest BCUT2D eigenvalue weighted by Crippen LogP contribution is 2.50. The molecular formula is C27H22F2N2O2. The molecule has 0 radical (unpaired) electrons. The van der Waals surface area contributed by atoms with Crippen molar-refractivity contribution < 1.29 is 18.4 Å². The number of ketones is 1. The summed E-state index contributed by atoms with van der Waals surface area (Å²) in [4.78, 5) is 28.7. The van der Waals surface area contributed by atoms with Crippen molar-refractivity contribution >= 4 is 17.4 Å². The van der Waals surface area contributed by atoms with E-state index in [4.69, 9.17) is 0 Å². The smallest absolute Gasteiger partial charge is 0.252 e. The average molecular weight is 444 g/mol. The maximum Gasteiger partial charge on any atom is 0.252 e. The molecule has 1 saturated heterocycles. The highest BCUT2D eigenvalue weighted by Gasteiger charge is 2.58. The molecule has 1 fully saturated rings. The minimum absolute atomic E-state index is 0.128. The molecule has 0 aromatic heterocycles. The van der Waals surface area contributed by atoms with E-state index in [1.54, 1.807) is 6.07 Å². The van der Waals surface area contributed by atoms with Crippen LogP contribution in [0.4, 0.5) is 14.5 Å². The third kappa shape index (κ3) is 2.83. The van der Waals surface area contributed by atoms with E-state index in [1.165, 1.54) is 17.0 Å². The molecule has 1 amide bonds. The Morgan fingerprint density at radius 2 is 1.64 bits per heavy atom. The molecule has 33 heavy (non-hydrogen) atoms. The van der Waals surface area contributed by atoms with Gasteiger partial charge in [-0.15, -0.1) is 0 Å². The number of likely N-dealkylation sites (tertiary alicyclic amines) is 1. The summed E-state index contributed by atoms with van der Waals surface area (Å²) in [6, 6.07) is 15.6. The summed E-state index contributed by atoms with van der Waals surface area (Å²) in [5.41, 5.74) is 3.72. The number of Topliss-reactive ketones (excluding diaryl/α,β-unsaturated/α-hetero) is 1. The van der Waals surface area contributed by atoms with Crippen molar-refractivity contribution in [3.05, 3.63) is 88.5 Å². The molecule has 0 saturated carbocycles. The first kappa shape index (κ1) is 20.2. The van der Waals surface area contributed by atoms with Gasteiger partial charge < -0.3 is 4.90 Å². The van der Waals surface area contributed by atoms with E-state index in [2.05, 4.69) is 0 Å². The molecule has 3 aromatic rings. The molecule has 1 spiro atoms. The molecule has 3 aliphatic rings. The summed E-state index contributed by atoms with van der Waals surface area (Å²) in [7, 11) is 1.90. The Kier molecular flexibility index (Phi) is 4.33. The van der Waals surface area contributed by atoms with Crippen LogP contribution in [-0.4, -0.2) is 30.2 Å². The lowest BCUT2D eigenvalue weighted by Gasteiger charge is -2.47. The Morgan fingerprint density at radius 3 is 2.33 bits per heavy atom. The molecule has 2 heterocycles. The molecule has 1 aliphatic carbocycles. The van der Waals surface area contributed by atoms with Crippen LogP contribution in [0.25, 0.3) is 11.1 Å². The Hall–Kier alpha value is -3.38. The Labute approximate surface area is 190 Å². The van der Waals surface area contributed by atoms with Gasteiger partial charge in [-0.05, 0) is 53.9 Å². The summed E-state index contributed by atoms with van der Waals surface area (Å²) in [6.45, 7) is 0.639.